The zero-order valence-corrected chi connectivity index (χ0v) is 19.0. The van der Waals surface area contributed by atoms with Crippen LogP contribution in [-0.2, 0) is 10.0 Å². The number of anilines is 1. The van der Waals surface area contributed by atoms with E-state index in [4.69, 9.17) is 4.74 Å². The summed E-state index contributed by atoms with van der Waals surface area (Å²) >= 11 is 0. The van der Waals surface area contributed by atoms with Crippen LogP contribution in [0.3, 0.4) is 0 Å². The molecule has 0 N–H and O–H groups in total. The molecule has 1 heterocycles. The summed E-state index contributed by atoms with van der Waals surface area (Å²) < 4.78 is 32.4. The highest BCUT2D eigenvalue weighted by Crippen LogP contribution is 2.25. The van der Waals surface area contributed by atoms with E-state index in [1.165, 1.54) is 16.3 Å². The average Bonchev–Trinajstić information content (AvgIpc) is 3.09. The first-order chi connectivity index (χ1) is 15.9. The number of carbonyl (C=O) groups is 2. The van der Waals surface area contributed by atoms with Gasteiger partial charge in [0.1, 0.15) is 5.75 Å². The van der Waals surface area contributed by atoms with E-state index in [1.807, 2.05) is 0 Å². The summed E-state index contributed by atoms with van der Waals surface area (Å²) in [6, 6.07) is 21.9. The van der Waals surface area contributed by atoms with Gasteiger partial charge in [0, 0.05) is 13.6 Å². The second-order valence-electron chi connectivity index (χ2n) is 7.64. The van der Waals surface area contributed by atoms with Gasteiger partial charge >= 0.3 is 0 Å². The lowest BCUT2D eigenvalue weighted by atomic mass is 10.1. The van der Waals surface area contributed by atoms with Crippen molar-refractivity contribution < 1.29 is 22.7 Å². The first-order valence-electron chi connectivity index (χ1n) is 10.6. The van der Waals surface area contributed by atoms with Crippen LogP contribution in [0.2, 0.25) is 0 Å². The fourth-order valence-corrected chi connectivity index (χ4v) is 4.86. The zero-order chi connectivity index (χ0) is 23.4. The fraction of sp³-hybridized carbons (Fsp3) is 0.200. The van der Waals surface area contributed by atoms with Crippen molar-refractivity contribution in [2.75, 3.05) is 24.5 Å². The van der Waals surface area contributed by atoms with Gasteiger partial charge in [0.2, 0.25) is 0 Å². The Morgan fingerprint density at radius 2 is 1.36 bits per heavy atom. The maximum atomic E-state index is 12.7. The van der Waals surface area contributed by atoms with Gasteiger partial charge in [-0.1, -0.05) is 30.3 Å². The summed E-state index contributed by atoms with van der Waals surface area (Å²) in [6.07, 6.45) is 1.29. The number of ether oxygens (including phenoxy) is 1. The normalized spacial score (nSPS) is 13.2. The molecule has 0 radical (unpaired) electrons. The number of amides is 2. The molecule has 0 saturated carbocycles. The van der Waals surface area contributed by atoms with Crippen molar-refractivity contribution in [3.05, 3.63) is 90.0 Å². The number of sulfonamides is 1. The number of rotatable bonds is 9. The van der Waals surface area contributed by atoms with Crippen LogP contribution in [0.1, 0.15) is 33.6 Å². The van der Waals surface area contributed by atoms with Gasteiger partial charge in [-0.3, -0.25) is 18.8 Å². The first kappa shape index (κ1) is 22.5. The third-order valence-electron chi connectivity index (χ3n) is 5.52. The summed E-state index contributed by atoms with van der Waals surface area (Å²) in [7, 11) is -2.12. The Morgan fingerprint density at radius 3 is 1.97 bits per heavy atom. The van der Waals surface area contributed by atoms with E-state index >= 15 is 0 Å². The Kier molecular flexibility index (Phi) is 6.46. The Hall–Kier alpha value is -3.65. The molecule has 1 aliphatic rings. The second kappa shape index (κ2) is 9.46. The van der Waals surface area contributed by atoms with Crippen LogP contribution < -0.4 is 9.04 Å². The van der Waals surface area contributed by atoms with Gasteiger partial charge in [-0.05, 0) is 61.4 Å². The molecule has 0 saturated heterocycles. The lowest BCUT2D eigenvalue weighted by Crippen LogP contribution is -2.30. The van der Waals surface area contributed by atoms with E-state index in [0.717, 1.165) is 0 Å². The van der Waals surface area contributed by atoms with Gasteiger partial charge in [0.15, 0.2) is 0 Å². The van der Waals surface area contributed by atoms with Crippen LogP contribution in [0, 0.1) is 0 Å². The minimum atomic E-state index is -3.63. The predicted octanol–water partition coefficient (Wildman–Crippen LogP) is 3.97. The molecule has 0 atom stereocenters. The Balaban J connectivity index is 1.26. The zero-order valence-electron chi connectivity index (χ0n) is 18.2. The van der Waals surface area contributed by atoms with Crippen molar-refractivity contribution in [1.82, 2.24) is 4.90 Å². The minimum absolute atomic E-state index is 0.228. The van der Waals surface area contributed by atoms with Crippen LogP contribution in [-0.4, -0.2) is 45.3 Å². The van der Waals surface area contributed by atoms with E-state index in [1.54, 1.807) is 78.9 Å². The molecule has 0 unspecified atom stereocenters. The smallest absolute Gasteiger partial charge is 0.264 e. The second-order valence-corrected chi connectivity index (χ2v) is 9.61. The van der Waals surface area contributed by atoms with Crippen LogP contribution in [0.4, 0.5) is 5.69 Å². The predicted molar refractivity (Wildman–Crippen MR) is 125 cm³/mol. The first-order valence-corrected chi connectivity index (χ1v) is 12.1. The number of hydrogen-bond acceptors (Lipinski definition) is 5. The van der Waals surface area contributed by atoms with E-state index in [9.17, 15) is 18.0 Å². The van der Waals surface area contributed by atoms with Crippen molar-refractivity contribution in [3.63, 3.8) is 0 Å². The molecule has 2 amide bonds. The number of unbranched alkanes of at least 4 members (excludes halogenated alkanes) is 1. The highest BCUT2D eigenvalue weighted by atomic mass is 32.2. The van der Waals surface area contributed by atoms with E-state index in [0.29, 0.717) is 48.6 Å². The lowest BCUT2D eigenvalue weighted by molar-refractivity contribution is 0.0649. The summed E-state index contributed by atoms with van der Waals surface area (Å²) in [4.78, 5) is 26.2. The van der Waals surface area contributed by atoms with Crippen LogP contribution in [0.5, 0.6) is 5.75 Å². The van der Waals surface area contributed by atoms with Crippen LogP contribution >= 0.6 is 0 Å². The fourth-order valence-electron chi connectivity index (χ4n) is 3.65. The maximum Gasteiger partial charge on any atom is 0.264 e. The van der Waals surface area contributed by atoms with Crippen LogP contribution in [0.25, 0.3) is 0 Å². The van der Waals surface area contributed by atoms with Gasteiger partial charge in [-0.15, -0.1) is 0 Å². The number of imide groups is 1. The standard InChI is InChI=1S/C25H24N2O5S/c1-26(33(30,31)21-9-3-2-4-10-21)19-13-15-20(16-14-19)32-18-8-7-17-27-24(28)22-11-5-6-12-23(22)25(27)29/h2-6,9-16H,7-8,17-18H2,1H3. The number of hydrogen-bond donors (Lipinski definition) is 0. The van der Waals surface area contributed by atoms with E-state index in [2.05, 4.69) is 0 Å². The van der Waals surface area contributed by atoms with Crippen molar-refractivity contribution >= 4 is 27.5 Å². The van der Waals surface area contributed by atoms with Crippen molar-refractivity contribution in [2.24, 2.45) is 0 Å². The summed E-state index contributed by atoms with van der Waals surface area (Å²) in [5, 5.41) is 0. The SMILES string of the molecule is CN(c1ccc(OCCCCN2C(=O)c3ccccc3C2=O)cc1)S(=O)(=O)c1ccccc1. The Labute approximate surface area is 193 Å². The molecule has 3 aromatic rings. The monoisotopic (exact) mass is 464 g/mol. The summed E-state index contributed by atoms with van der Waals surface area (Å²) in [5.41, 5.74) is 1.44. The number of carbonyl (C=O) groups excluding carboxylic acids is 2. The highest BCUT2D eigenvalue weighted by molar-refractivity contribution is 7.92. The third-order valence-corrected chi connectivity index (χ3v) is 7.32. The quantitative estimate of drug-likeness (QED) is 0.353. The molecule has 0 fully saturated rings. The van der Waals surface area contributed by atoms with E-state index in [-0.39, 0.29) is 16.7 Å². The Morgan fingerprint density at radius 1 is 0.788 bits per heavy atom. The van der Waals surface area contributed by atoms with Crippen LogP contribution in [0.15, 0.2) is 83.8 Å². The topological polar surface area (TPSA) is 84.0 Å². The molecular formula is C25H24N2O5S. The largest absolute Gasteiger partial charge is 0.494 e. The van der Waals surface area contributed by atoms with Gasteiger partial charge in [0.25, 0.3) is 21.8 Å². The van der Waals surface area contributed by atoms with Gasteiger partial charge < -0.3 is 4.74 Å². The van der Waals surface area contributed by atoms with Gasteiger partial charge in [0.05, 0.1) is 28.3 Å². The molecule has 0 spiro atoms. The number of benzene rings is 3. The van der Waals surface area contributed by atoms with Crippen molar-refractivity contribution in [1.29, 1.82) is 0 Å². The summed E-state index contributed by atoms with van der Waals surface area (Å²) in [6.45, 7) is 0.761. The number of fused-ring (bicyclic) bond motifs is 1. The lowest BCUT2D eigenvalue weighted by Gasteiger charge is -2.20. The molecule has 33 heavy (non-hydrogen) atoms. The van der Waals surface area contributed by atoms with E-state index < -0.39 is 10.0 Å². The molecule has 8 heteroatoms. The molecule has 0 aromatic heterocycles. The van der Waals surface area contributed by atoms with Gasteiger partial charge in [-0.2, -0.15) is 0 Å². The molecule has 0 aliphatic carbocycles. The van der Waals surface area contributed by atoms with Crippen molar-refractivity contribution in [2.45, 2.75) is 17.7 Å². The molecule has 7 nitrogen and oxygen atoms in total. The minimum Gasteiger partial charge on any atom is -0.494 e. The average molecular weight is 465 g/mol. The third kappa shape index (κ3) is 4.61. The maximum absolute atomic E-state index is 12.7. The van der Waals surface area contributed by atoms with Crippen molar-refractivity contribution in [3.8, 4) is 5.75 Å². The number of nitrogens with zero attached hydrogens (tertiary/aromatic N) is 2. The molecule has 4 rings (SSSR count). The Bertz CT molecular complexity index is 1220. The highest BCUT2D eigenvalue weighted by Gasteiger charge is 2.34. The molecular weight excluding hydrogens is 440 g/mol. The molecule has 0 bridgehead atoms. The summed E-state index contributed by atoms with van der Waals surface area (Å²) in [5.74, 6) is 0.119. The molecule has 1 aliphatic heterocycles. The van der Waals surface area contributed by atoms with Gasteiger partial charge in [-0.25, -0.2) is 8.42 Å². The molecule has 170 valence electrons. The molecule has 3 aromatic carbocycles.